The number of benzene rings is 1. The molecule has 2 heteroatoms. The number of hydrogen-bond donors (Lipinski definition) is 2. The third-order valence-electron chi connectivity index (χ3n) is 3.06. The first-order valence-electron chi connectivity index (χ1n) is 5.35. The molecule has 1 aromatic rings. The Hall–Kier alpha value is -1.02. The number of para-hydroxylation sites is 1. The van der Waals surface area contributed by atoms with E-state index in [-0.39, 0.29) is 0 Å². The summed E-state index contributed by atoms with van der Waals surface area (Å²) in [6.07, 6.45) is 3.61. The highest BCUT2D eigenvalue weighted by molar-refractivity contribution is 5.51. The average molecular weight is 190 g/mol. The number of aryl methyl sites for hydroxylation is 1. The molecule has 14 heavy (non-hydrogen) atoms. The van der Waals surface area contributed by atoms with Gasteiger partial charge in [0.25, 0.3) is 0 Å². The fourth-order valence-electron chi connectivity index (χ4n) is 2.10. The zero-order valence-electron chi connectivity index (χ0n) is 8.66. The molecule has 0 unspecified atom stereocenters. The molecule has 1 aliphatic carbocycles. The zero-order chi connectivity index (χ0) is 9.97. The maximum atomic E-state index is 6.01. The minimum Gasteiger partial charge on any atom is -0.381 e. The van der Waals surface area contributed by atoms with Crippen LogP contribution < -0.4 is 11.1 Å². The van der Waals surface area contributed by atoms with Gasteiger partial charge in [-0.15, -0.1) is 0 Å². The molecule has 2 rings (SSSR count). The summed E-state index contributed by atoms with van der Waals surface area (Å²) >= 11 is 0. The van der Waals surface area contributed by atoms with Gasteiger partial charge in [-0.2, -0.15) is 0 Å². The van der Waals surface area contributed by atoms with Gasteiger partial charge in [0.15, 0.2) is 0 Å². The topological polar surface area (TPSA) is 38.0 Å². The minimum atomic E-state index is 0.328. The van der Waals surface area contributed by atoms with Gasteiger partial charge in [-0.1, -0.05) is 18.2 Å². The van der Waals surface area contributed by atoms with Gasteiger partial charge in [-0.25, -0.2) is 0 Å². The zero-order valence-corrected chi connectivity index (χ0v) is 8.66. The fraction of sp³-hybridized carbons (Fsp3) is 0.500. The van der Waals surface area contributed by atoms with Crippen molar-refractivity contribution in [1.82, 2.24) is 0 Å². The summed E-state index contributed by atoms with van der Waals surface area (Å²) in [6.45, 7) is 2.13. The van der Waals surface area contributed by atoms with Crippen molar-refractivity contribution in [2.24, 2.45) is 5.73 Å². The second kappa shape index (κ2) is 4.01. The molecule has 1 fully saturated rings. The maximum absolute atomic E-state index is 6.01. The number of rotatable bonds is 2. The van der Waals surface area contributed by atoms with Crippen molar-refractivity contribution in [3.05, 3.63) is 29.8 Å². The Kier molecular flexibility index (Phi) is 2.73. The van der Waals surface area contributed by atoms with Crippen LogP contribution in [0, 0.1) is 6.92 Å². The molecule has 0 radical (unpaired) electrons. The van der Waals surface area contributed by atoms with Crippen LogP contribution in [0.1, 0.15) is 24.8 Å². The maximum Gasteiger partial charge on any atom is 0.0412 e. The van der Waals surface area contributed by atoms with Crippen molar-refractivity contribution in [1.29, 1.82) is 0 Å². The van der Waals surface area contributed by atoms with Gasteiger partial charge in [-0.3, -0.25) is 0 Å². The van der Waals surface area contributed by atoms with Gasteiger partial charge in [0.2, 0.25) is 0 Å². The molecule has 1 aromatic carbocycles. The van der Waals surface area contributed by atoms with Crippen LogP contribution in [0.3, 0.4) is 0 Å². The van der Waals surface area contributed by atoms with Crippen molar-refractivity contribution < 1.29 is 0 Å². The number of anilines is 1. The van der Waals surface area contributed by atoms with E-state index in [1.165, 1.54) is 24.1 Å². The lowest BCUT2D eigenvalue weighted by Gasteiger charge is -2.19. The van der Waals surface area contributed by atoms with Crippen molar-refractivity contribution in [2.45, 2.75) is 38.3 Å². The first-order chi connectivity index (χ1) is 6.77. The van der Waals surface area contributed by atoms with E-state index in [0.29, 0.717) is 12.1 Å². The van der Waals surface area contributed by atoms with E-state index in [0.717, 1.165) is 6.42 Å². The van der Waals surface area contributed by atoms with Gasteiger partial charge in [-0.05, 0) is 37.8 Å². The van der Waals surface area contributed by atoms with E-state index in [1.54, 1.807) is 0 Å². The molecule has 0 aromatic heterocycles. The average Bonchev–Trinajstić information content (AvgIpc) is 2.56. The van der Waals surface area contributed by atoms with E-state index in [9.17, 15) is 0 Å². The molecule has 0 heterocycles. The summed E-state index contributed by atoms with van der Waals surface area (Å²) in [5.41, 5.74) is 8.54. The van der Waals surface area contributed by atoms with Crippen LogP contribution in [0.15, 0.2) is 24.3 Å². The van der Waals surface area contributed by atoms with Crippen LogP contribution in [0.5, 0.6) is 0 Å². The van der Waals surface area contributed by atoms with Gasteiger partial charge in [0, 0.05) is 17.8 Å². The molecule has 0 saturated heterocycles. The Bertz CT molecular complexity index is 309. The summed E-state index contributed by atoms with van der Waals surface area (Å²) in [7, 11) is 0. The van der Waals surface area contributed by atoms with Crippen molar-refractivity contribution in [3.63, 3.8) is 0 Å². The molecule has 3 N–H and O–H groups in total. The Morgan fingerprint density at radius 3 is 2.71 bits per heavy atom. The normalized spacial score (nSPS) is 26.4. The van der Waals surface area contributed by atoms with Crippen molar-refractivity contribution >= 4 is 5.69 Å². The van der Waals surface area contributed by atoms with E-state index >= 15 is 0 Å². The molecule has 1 saturated carbocycles. The molecular weight excluding hydrogens is 172 g/mol. The molecule has 1 aliphatic rings. The second-order valence-electron chi connectivity index (χ2n) is 4.16. The molecule has 2 nitrogen and oxygen atoms in total. The lowest BCUT2D eigenvalue weighted by Crippen LogP contribution is -2.35. The smallest absolute Gasteiger partial charge is 0.0412 e. The SMILES string of the molecule is Cc1ccccc1N[C@H]1CCC[C@@H]1N. The minimum absolute atomic E-state index is 0.328. The van der Waals surface area contributed by atoms with Gasteiger partial charge in [0.1, 0.15) is 0 Å². The summed E-state index contributed by atoms with van der Waals surface area (Å²) in [5.74, 6) is 0. The van der Waals surface area contributed by atoms with Gasteiger partial charge in [0.05, 0.1) is 0 Å². The Morgan fingerprint density at radius 2 is 2.07 bits per heavy atom. The molecular formula is C12H18N2. The summed E-state index contributed by atoms with van der Waals surface area (Å²) in [6, 6.07) is 9.18. The summed E-state index contributed by atoms with van der Waals surface area (Å²) < 4.78 is 0. The third-order valence-corrected chi connectivity index (χ3v) is 3.06. The highest BCUT2D eigenvalue weighted by Gasteiger charge is 2.23. The molecule has 76 valence electrons. The van der Waals surface area contributed by atoms with E-state index < -0.39 is 0 Å². The van der Waals surface area contributed by atoms with Crippen LogP contribution >= 0.6 is 0 Å². The largest absolute Gasteiger partial charge is 0.381 e. The molecule has 0 amide bonds. The van der Waals surface area contributed by atoms with Gasteiger partial charge >= 0.3 is 0 Å². The molecule has 0 spiro atoms. The number of nitrogens with two attached hydrogens (primary N) is 1. The van der Waals surface area contributed by atoms with Crippen LogP contribution in [0.4, 0.5) is 5.69 Å². The van der Waals surface area contributed by atoms with E-state index in [4.69, 9.17) is 5.73 Å². The van der Waals surface area contributed by atoms with Crippen molar-refractivity contribution in [2.75, 3.05) is 5.32 Å². The highest BCUT2D eigenvalue weighted by Crippen LogP contribution is 2.23. The predicted molar refractivity (Wildman–Crippen MR) is 60.4 cm³/mol. The van der Waals surface area contributed by atoms with Crippen molar-refractivity contribution in [3.8, 4) is 0 Å². The third kappa shape index (κ3) is 1.90. The number of hydrogen-bond acceptors (Lipinski definition) is 2. The monoisotopic (exact) mass is 190 g/mol. The first kappa shape index (κ1) is 9.53. The predicted octanol–water partition coefficient (Wildman–Crippen LogP) is 2.29. The Labute approximate surface area is 85.5 Å². The summed E-state index contributed by atoms with van der Waals surface area (Å²) in [4.78, 5) is 0. The number of nitrogens with one attached hydrogen (secondary N) is 1. The fourth-order valence-corrected chi connectivity index (χ4v) is 2.10. The summed E-state index contributed by atoms with van der Waals surface area (Å²) in [5, 5.41) is 3.53. The van der Waals surface area contributed by atoms with E-state index in [1.807, 2.05) is 0 Å². The molecule has 0 bridgehead atoms. The quantitative estimate of drug-likeness (QED) is 0.751. The van der Waals surface area contributed by atoms with E-state index in [2.05, 4.69) is 36.5 Å². The van der Waals surface area contributed by atoms with Crippen LogP contribution in [0.2, 0.25) is 0 Å². The Morgan fingerprint density at radius 1 is 1.29 bits per heavy atom. The highest BCUT2D eigenvalue weighted by atomic mass is 15.0. The lowest BCUT2D eigenvalue weighted by atomic mass is 10.1. The van der Waals surface area contributed by atoms with Gasteiger partial charge < -0.3 is 11.1 Å². The van der Waals surface area contributed by atoms with Crippen LogP contribution in [-0.2, 0) is 0 Å². The van der Waals surface area contributed by atoms with Crippen LogP contribution in [0.25, 0.3) is 0 Å². The lowest BCUT2D eigenvalue weighted by molar-refractivity contribution is 0.637. The molecule has 0 aliphatic heterocycles. The molecule has 2 atom stereocenters. The standard InChI is InChI=1S/C12H18N2/c1-9-5-2-3-7-11(9)14-12-8-4-6-10(12)13/h2-3,5,7,10,12,14H,4,6,8,13H2,1H3/t10-,12-/m0/s1. The van der Waals surface area contributed by atoms with Crippen LogP contribution in [-0.4, -0.2) is 12.1 Å². The first-order valence-corrected chi connectivity index (χ1v) is 5.35. The Balaban J connectivity index is 2.07. The second-order valence-corrected chi connectivity index (χ2v) is 4.16.